The lowest BCUT2D eigenvalue weighted by molar-refractivity contribution is -0.130. The van der Waals surface area contributed by atoms with Crippen molar-refractivity contribution in [3.8, 4) is 0 Å². The zero-order chi connectivity index (χ0) is 15.2. The van der Waals surface area contributed by atoms with Crippen molar-refractivity contribution in [1.29, 1.82) is 0 Å². The number of aliphatic hydroxyl groups excluding tert-OH is 1. The second kappa shape index (κ2) is 8.06. The molecule has 1 amide bonds. The maximum atomic E-state index is 12.2. The van der Waals surface area contributed by atoms with Crippen molar-refractivity contribution < 1.29 is 9.90 Å². The maximum absolute atomic E-state index is 12.2. The van der Waals surface area contributed by atoms with Crippen LogP contribution in [-0.4, -0.2) is 40.9 Å². The summed E-state index contributed by atoms with van der Waals surface area (Å²) in [5.74, 6) is 1.67. The Morgan fingerprint density at radius 1 is 1.57 bits per heavy atom. The highest BCUT2D eigenvalue weighted by Crippen LogP contribution is 2.21. The summed E-state index contributed by atoms with van der Waals surface area (Å²) < 4.78 is 0. The molecule has 3 nitrogen and oxygen atoms in total. The first-order chi connectivity index (χ1) is 10.1. The van der Waals surface area contributed by atoms with Crippen LogP contribution in [0.5, 0.6) is 0 Å². The number of amides is 1. The lowest BCUT2D eigenvalue weighted by Crippen LogP contribution is -2.43. The summed E-state index contributed by atoms with van der Waals surface area (Å²) >= 11 is 7.56. The lowest BCUT2D eigenvalue weighted by Gasteiger charge is -2.34. The van der Waals surface area contributed by atoms with E-state index in [0.29, 0.717) is 12.3 Å². The normalized spacial score (nSPS) is 20.3. The smallest absolute Gasteiger partial charge is 0.232 e. The van der Waals surface area contributed by atoms with Crippen LogP contribution in [0, 0.1) is 5.92 Å². The Kier molecular flexibility index (Phi) is 6.40. The number of aliphatic hydroxyl groups is 1. The Labute approximate surface area is 135 Å². The minimum absolute atomic E-state index is 0.173. The zero-order valence-corrected chi connectivity index (χ0v) is 13.9. The number of hydrogen-bond donors (Lipinski definition) is 1. The van der Waals surface area contributed by atoms with Crippen molar-refractivity contribution in [3.63, 3.8) is 0 Å². The van der Waals surface area contributed by atoms with Crippen LogP contribution in [-0.2, 0) is 10.5 Å². The van der Waals surface area contributed by atoms with Gasteiger partial charge in [-0.3, -0.25) is 4.79 Å². The summed E-state index contributed by atoms with van der Waals surface area (Å²) in [6, 6.07) is 7.74. The van der Waals surface area contributed by atoms with Crippen molar-refractivity contribution >= 4 is 29.3 Å². The van der Waals surface area contributed by atoms with Crippen LogP contribution in [0.1, 0.15) is 25.3 Å². The van der Waals surface area contributed by atoms with E-state index in [1.54, 1.807) is 11.8 Å². The molecule has 1 aromatic carbocycles. The highest BCUT2D eigenvalue weighted by molar-refractivity contribution is 7.99. The van der Waals surface area contributed by atoms with Gasteiger partial charge in [-0.25, -0.2) is 0 Å². The molecule has 1 heterocycles. The second-order valence-electron chi connectivity index (χ2n) is 5.61. The molecule has 1 saturated heterocycles. The Balaban J connectivity index is 1.76. The fraction of sp³-hybridized carbons (Fsp3) is 0.562. The molecule has 21 heavy (non-hydrogen) atoms. The molecule has 1 fully saturated rings. The minimum Gasteiger partial charge on any atom is -0.393 e. The highest BCUT2D eigenvalue weighted by atomic mass is 35.5. The van der Waals surface area contributed by atoms with Crippen molar-refractivity contribution in [2.45, 2.75) is 31.6 Å². The number of rotatable bonds is 5. The third kappa shape index (κ3) is 5.20. The summed E-state index contributed by atoms with van der Waals surface area (Å²) in [7, 11) is 0. The van der Waals surface area contributed by atoms with Gasteiger partial charge in [0.1, 0.15) is 0 Å². The quantitative estimate of drug-likeness (QED) is 0.903. The van der Waals surface area contributed by atoms with E-state index in [2.05, 4.69) is 0 Å². The molecular formula is C16H22ClNO2S. The van der Waals surface area contributed by atoms with Crippen molar-refractivity contribution in [2.24, 2.45) is 5.92 Å². The van der Waals surface area contributed by atoms with E-state index in [0.717, 1.165) is 35.7 Å². The molecule has 2 unspecified atom stereocenters. The number of carbonyl (C=O) groups excluding carboxylic acids is 1. The highest BCUT2D eigenvalue weighted by Gasteiger charge is 2.26. The first-order valence-electron chi connectivity index (χ1n) is 7.34. The van der Waals surface area contributed by atoms with Crippen LogP contribution >= 0.6 is 23.4 Å². The molecule has 1 N–H and O–H groups in total. The number of piperidine rings is 1. The largest absolute Gasteiger partial charge is 0.393 e. The number of nitrogens with zero attached hydrogens (tertiary/aromatic N) is 1. The molecule has 0 aliphatic carbocycles. The van der Waals surface area contributed by atoms with E-state index < -0.39 is 0 Å². The number of thioether (sulfide) groups is 1. The first-order valence-corrected chi connectivity index (χ1v) is 8.87. The monoisotopic (exact) mass is 327 g/mol. The Morgan fingerprint density at radius 3 is 3.10 bits per heavy atom. The fourth-order valence-electron chi connectivity index (χ4n) is 2.60. The summed E-state index contributed by atoms with van der Waals surface area (Å²) in [5, 5.41) is 10.4. The van der Waals surface area contributed by atoms with Crippen LogP contribution in [0.3, 0.4) is 0 Å². The SMILES string of the molecule is CC(O)C1CCCN(C(=O)CSCc2cccc(Cl)c2)C1. The average molecular weight is 328 g/mol. The molecule has 116 valence electrons. The van der Waals surface area contributed by atoms with Gasteiger partial charge in [0.05, 0.1) is 11.9 Å². The molecule has 0 aromatic heterocycles. The van der Waals surface area contributed by atoms with Gasteiger partial charge in [-0.15, -0.1) is 11.8 Å². The van der Waals surface area contributed by atoms with Crippen LogP contribution in [0.15, 0.2) is 24.3 Å². The topological polar surface area (TPSA) is 40.5 Å². The molecule has 2 rings (SSSR count). The summed E-state index contributed by atoms with van der Waals surface area (Å²) in [5.41, 5.74) is 1.14. The standard InChI is InChI=1S/C16H22ClNO2S/c1-12(19)14-5-3-7-18(9-14)16(20)11-21-10-13-4-2-6-15(17)8-13/h2,4,6,8,12,14,19H,3,5,7,9-11H2,1H3. The molecular weight excluding hydrogens is 306 g/mol. The van der Waals surface area contributed by atoms with E-state index in [-0.39, 0.29) is 17.9 Å². The van der Waals surface area contributed by atoms with Crippen molar-refractivity contribution in [2.75, 3.05) is 18.8 Å². The number of halogens is 1. The number of hydrogen-bond acceptors (Lipinski definition) is 3. The van der Waals surface area contributed by atoms with Gasteiger partial charge in [0.2, 0.25) is 5.91 Å². The van der Waals surface area contributed by atoms with E-state index in [1.807, 2.05) is 36.1 Å². The molecule has 0 bridgehead atoms. The number of benzene rings is 1. The third-order valence-corrected chi connectivity index (χ3v) is 5.10. The van der Waals surface area contributed by atoms with Gasteiger partial charge < -0.3 is 10.0 Å². The predicted molar refractivity (Wildman–Crippen MR) is 88.6 cm³/mol. The van der Waals surface area contributed by atoms with Crippen LogP contribution in [0.25, 0.3) is 0 Å². The summed E-state index contributed by atoms with van der Waals surface area (Å²) in [4.78, 5) is 14.1. The van der Waals surface area contributed by atoms with E-state index in [9.17, 15) is 9.90 Å². The predicted octanol–water partition coefficient (Wildman–Crippen LogP) is 3.19. The van der Waals surface area contributed by atoms with Gasteiger partial charge in [0.25, 0.3) is 0 Å². The number of carbonyl (C=O) groups is 1. The third-order valence-electron chi connectivity index (χ3n) is 3.88. The van der Waals surface area contributed by atoms with Gasteiger partial charge in [-0.2, -0.15) is 0 Å². The van der Waals surface area contributed by atoms with Gasteiger partial charge >= 0.3 is 0 Å². The van der Waals surface area contributed by atoms with Gasteiger partial charge in [0, 0.05) is 29.8 Å². The van der Waals surface area contributed by atoms with Crippen LogP contribution in [0.2, 0.25) is 5.02 Å². The zero-order valence-electron chi connectivity index (χ0n) is 12.3. The van der Waals surface area contributed by atoms with Gasteiger partial charge in [0.15, 0.2) is 0 Å². The summed E-state index contributed by atoms with van der Waals surface area (Å²) in [6.07, 6.45) is 1.66. The summed E-state index contributed by atoms with van der Waals surface area (Å²) in [6.45, 7) is 3.32. The Bertz CT molecular complexity index is 481. The molecule has 1 aliphatic heterocycles. The Hall–Kier alpha value is -0.710. The molecule has 0 spiro atoms. The molecule has 2 atom stereocenters. The number of likely N-dealkylation sites (tertiary alicyclic amines) is 1. The lowest BCUT2D eigenvalue weighted by atomic mass is 9.93. The van der Waals surface area contributed by atoms with E-state index in [1.165, 1.54) is 0 Å². The molecule has 0 saturated carbocycles. The fourth-order valence-corrected chi connectivity index (χ4v) is 3.69. The van der Waals surface area contributed by atoms with Gasteiger partial charge in [-0.05, 0) is 37.5 Å². The van der Waals surface area contributed by atoms with E-state index >= 15 is 0 Å². The second-order valence-corrected chi connectivity index (χ2v) is 7.03. The van der Waals surface area contributed by atoms with Crippen molar-refractivity contribution in [1.82, 2.24) is 4.90 Å². The molecule has 0 radical (unpaired) electrons. The van der Waals surface area contributed by atoms with Crippen molar-refractivity contribution in [3.05, 3.63) is 34.9 Å². The van der Waals surface area contributed by atoms with E-state index in [4.69, 9.17) is 11.6 Å². The van der Waals surface area contributed by atoms with Crippen LogP contribution in [0.4, 0.5) is 0 Å². The molecule has 1 aliphatic rings. The first kappa shape index (κ1) is 16.7. The average Bonchev–Trinajstić information content (AvgIpc) is 2.47. The maximum Gasteiger partial charge on any atom is 0.232 e. The van der Waals surface area contributed by atoms with Crippen LogP contribution < -0.4 is 0 Å². The molecule has 1 aromatic rings. The van der Waals surface area contributed by atoms with Gasteiger partial charge in [-0.1, -0.05) is 23.7 Å². The molecule has 5 heteroatoms. The Morgan fingerprint density at radius 2 is 2.38 bits per heavy atom. The minimum atomic E-state index is -0.334.